The Bertz CT molecular complexity index is 863. The van der Waals surface area contributed by atoms with Crippen LogP contribution < -0.4 is 5.32 Å². The SMILES string of the molecule is Cc1c(C(=O)O)ccc(Cl)c1[C@]1(C)C(=O)Nc2ccc(Cl)cc21. The van der Waals surface area contributed by atoms with Gasteiger partial charge in [-0.25, -0.2) is 4.79 Å². The summed E-state index contributed by atoms with van der Waals surface area (Å²) in [6.07, 6.45) is 0. The van der Waals surface area contributed by atoms with Crippen LogP contribution in [-0.4, -0.2) is 17.0 Å². The first-order valence-corrected chi connectivity index (χ1v) is 7.66. The lowest BCUT2D eigenvalue weighted by Gasteiger charge is -2.27. The van der Waals surface area contributed by atoms with Gasteiger partial charge < -0.3 is 10.4 Å². The van der Waals surface area contributed by atoms with Gasteiger partial charge in [-0.15, -0.1) is 0 Å². The number of carbonyl (C=O) groups excluding carboxylic acids is 1. The van der Waals surface area contributed by atoms with Crippen molar-refractivity contribution in [1.29, 1.82) is 0 Å². The van der Waals surface area contributed by atoms with Gasteiger partial charge in [-0.05, 0) is 60.9 Å². The minimum Gasteiger partial charge on any atom is -0.478 e. The third-order valence-electron chi connectivity index (χ3n) is 4.37. The molecule has 1 amide bonds. The number of carboxylic acids is 1. The maximum Gasteiger partial charge on any atom is 0.335 e. The van der Waals surface area contributed by atoms with Crippen LogP contribution >= 0.6 is 23.2 Å². The summed E-state index contributed by atoms with van der Waals surface area (Å²) in [5, 5.41) is 13.0. The number of aromatic carboxylic acids is 1. The lowest BCUT2D eigenvalue weighted by molar-refractivity contribution is -0.119. The van der Waals surface area contributed by atoms with Gasteiger partial charge in [0.1, 0.15) is 5.41 Å². The highest BCUT2D eigenvalue weighted by atomic mass is 35.5. The Morgan fingerprint density at radius 2 is 1.91 bits per heavy atom. The topological polar surface area (TPSA) is 66.4 Å². The predicted octanol–water partition coefficient (Wildman–Crippen LogP) is 4.26. The van der Waals surface area contributed by atoms with Crippen LogP contribution in [0.2, 0.25) is 10.0 Å². The van der Waals surface area contributed by atoms with Crippen LogP contribution in [0.4, 0.5) is 5.69 Å². The number of fused-ring (bicyclic) bond motifs is 1. The first kappa shape index (κ1) is 15.8. The molecule has 1 atom stereocenters. The second-order valence-electron chi connectivity index (χ2n) is 5.67. The van der Waals surface area contributed by atoms with E-state index in [1.807, 2.05) is 0 Å². The summed E-state index contributed by atoms with van der Waals surface area (Å²) in [5.74, 6) is -1.32. The number of carbonyl (C=O) groups is 2. The first-order valence-electron chi connectivity index (χ1n) is 6.91. The van der Waals surface area contributed by atoms with E-state index in [0.717, 1.165) is 0 Å². The van der Waals surface area contributed by atoms with Gasteiger partial charge in [0.05, 0.1) is 5.56 Å². The quantitative estimate of drug-likeness (QED) is 0.851. The van der Waals surface area contributed by atoms with Crippen molar-refractivity contribution < 1.29 is 14.7 Å². The van der Waals surface area contributed by atoms with Crippen LogP contribution in [-0.2, 0) is 10.2 Å². The zero-order valence-corrected chi connectivity index (χ0v) is 13.9. The fraction of sp³-hybridized carbons (Fsp3) is 0.176. The van der Waals surface area contributed by atoms with Gasteiger partial charge in [-0.2, -0.15) is 0 Å². The van der Waals surface area contributed by atoms with Gasteiger partial charge in [-0.1, -0.05) is 23.2 Å². The minimum atomic E-state index is -1.10. The van der Waals surface area contributed by atoms with Gasteiger partial charge in [0.25, 0.3) is 0 Å². The monoisotopic (exact) mass is 349 g/mol. The number of hydrogen-bond acceptors (Lipinski definition) is 2. The molecule has 23 heavy (non-hydrogen) atoms. The van der Waals surface area contributed by atoms with Crippen molar-refractivity contribution in [3.8, 4) is 0 Å². The van der Waals surface area contributed by atoms with Gasteiger partial charge >= 0.3 is 5.97 Å². The fourth-order valence-corrected chi connectivity index (χ4v) is 3.75. The molecule has 0 radical (unpaired) electrons. The Balaban J connectivity index is 2.35. The van der Waals surface area contributed by atoms with Gasteiger partial charge in [-0.3, -0.25) is 4.79 Å². The largest absolute Gasteiger partial charge is 0.478 e. The van der Waals surface area contributed by atoms with Gasteiger partial charge in [0.2, 0.25) is 5.91 Å². The molecular weight excluding hydrogens is 337 g/mol. The average Bonchev–Trinajstić information content (AvgIpc) is 2.71. The molecule has 0 spiro atoms. The average molecular weight is 350 g/mol. The number of amides is 1. The summed E-state index contributed by atoms with van der Waals surface area (Å²) in [5.41, 5.74) is 1.30. The maximum absolute atomic E-state index is 12.7. The van der Waals surface area contributed by atoms with Crippen molar-refractivity contribution >= 4 is 40.8 Å². The van der Waals surface area contributed by atoms with Crippen molar-refractivity contribution in [1.82, 2.24) is 0 Å². The van der Waals surface area contributed by atoms with Crippen molar-refractivity contribution in [3.05, 3.63) is 62.6 Å². The van der Waals surface area contributed by atoms with Crippen molar-refractivity contribution in [2.24, 2.45) is 0 Å². The van der Waals surface area contributed by atoms with E-state index in [0.29, 0.717) is 32.4 Å². The summed E-state index contributed by atoms with van der Waals surface area (Å²) in [4.78, 5) is 24.1. The molecule has 2 N–H and O–H groups in total. The number of anilines is 1. The fourth-order valence-electron chi connectivity index (χ4n) is 3.18. The highest BCUT2D eigenvalue weighted by molar-refractivity contribution is 6.33. The van der Waals surface area contributed by atoms with E-state index in [9.17, 15) is 14.7 Å². The summed E-state index contributed by atoms with van der Waals surface area (Å²) < 4.78 is 0. The van der Waals surface area contributed by atoms with Crippen LogP contribution in [0.25, 0.3) is 0 Å². The molecule has 0 unspecified atom stereocenters. The van der Waals surface area contributed by atoms with Gasteiger partial charge in [0, 0.05) is 15.7 Å². The van der Waals surface area contributed by atoms with Crippen LogP contribution in [0.3, 0.4) is 0 Å². The standard InChI is InChI=1S/C17H13Cl2NO3/c1-8-10(15(21)22)4-5-12(19)14(8)17(2)11-7-9(18)3-6-13(11)20-16(17)23/h3-7H,1-2H3,(H,20,23)(H,21,22)/t17-/m1/s1. The third-order valence-corrected chi connectivity index (χ3v) is 4.92. The van der Waals surface area contributed by atoms with Gasteiger partial charge in [0.15, 0.2) is 0 Å². The molecule has 0 fully saturated rings. The lowest BCUT2D eigenvalue weighted by atomic mass is 9.74. The molecule has 2 aromatic carbocycles. The van der Waals surface area contributed by atoms with Crippen molar-refractivity contribution in [3.63, 3.8) is 0 Å². The van der Waals surface area contributed by atoms with E-state index in [1.54, 1.807) is 32.0 Å². The van der Waals surface area contributed by atoms with Crippen LogP contribution in [0.15, 0.2) is 30.3 Å². The maximum atomic E-state index is 12.7. The first-order chi connectivity index (χ1) is 10.8. The molecule has 118 valence electrons. The molecule has 6 heteroatoms. The zero-order chi connectivity index (χ0) is 16.9. The molecule has 0 saturated carbocycles. The number of halogens is 2. The molecule has 4 nitrogen and oxygen atoms in total. The number of benzene rings is 2. The molecule has 1 aliphatic rings. The van der Waals surface area contributed by atoms with Crippen LogP contribution in [0.1, 0.15) is 34.0 Å². The summed E-state index contributed by atoms with van der Waals surface area (Å²) in [6, 6.07) is 8.07. The van der Waals surface area contributed by atoms with Crippen LogP contribution in [0, 0.1) is 6.92 Å². The second kappa shape index (κ2) is 5.25. The minimum absolute atomic E-state index is 0.119. The molecule has 1 heterocycles. The molecule has 0 saturated heterocycles. The Morgan fingerprint density at radius 1 is 1.22 bits per heavy atom. The Morgan fingerprint density at radius 3 is 2.57 bits per heavy atom. The highest BCUT2D eigenvalue weighted by Gasteiger charge is 2.46. The summed E-state index contributed by atoms with van der Waals surface area (Å²) in [7, 11) is 0. The van der Waals surface area contributed by atoms with E-state index in [-0.39, 0.29) is 11.5 Å². The Hall–Kier alpha value is -2.04. The smallest absolute Gasteiger partial charge is 0.335 e. The van der Waals surface area contributed by atoms with Crippen molar-refractivity contribution in [2.45, 2.75) is 19.3 Å². The highest BCUT2D eigenvalue weighted by Crippen LogP contribution is 2.47. The molecule has 0 aromatic heterocycles. The number of nitrogens with one attached hydrogen (secondary N) is 1. The van der Waals surface area contributed by atoms with Crippen LogP contribution in [0.5, 0.6) is 0 Å². The molecule has 1 aliphatic heterocycles. The number of hydrogen-bond donors (Lipinski definition) is 2. The molecule has 0 aliphatic carbocycles. The van der Waals surface area contributed by atoms with E-state index in [2.05, 4.69) is 5.32 Å². The molecule has 3 rings (SSSR count). The molecule has 0 bridgehead atoms. The summed E-state index contributed by atoms with van der Waals surface area (Å²) in [6.45, 7) is 3.38. The van der Waals surface area contributed by atoms with E-state index < -0.39 is 11.4 Å². The molecule has 2 aromatic rings. The Kier molecular flexibility index (Phi) is 3.62. The predicted molar refractivity (Wildman–Crippen MR) is 89.7 cm³/mol. The number of carboxylic acid groups (broad SMARTS) is 1. The molecular formula is C17H13Cl2NO3. The van der Waals surface area contributed by atoms with E-state index in [4.69, 9.17) is 23.2 Å². The van der Waals surface area contributed by atoms with E-state index in [1.165, 1.54) is 12.1 Å². The van der Waals surface area contributed by atoms with E-state index >= 15 is 0 Å². The Labute approximate surface area is 143 Å². The zero-order valence-electron chi connectivity index (χ0n) is 12.4. The lowest BCUT2D eigenvalue weighted by Crippen LogP contribution is -2.34. The number of rotatable bonds is 2. The normalized spacial score (nSPS) is 19.4. The van der Waals surface area contributed by atoms with Crippen molar-refractivity contribution in [2.75, 3.05) is 5.32 Å². The third kappa shape index (κ3) is 2.21. The second-order valence-corrected chi connectivity index (χ2v) is 6.51. The summed E-state index contributed by atoms with van der Waals surface area (Å²) >= 11 is 12.4.